The lowest BCUT2D eigenvalue weighted by atomic mass is 10.2. The van der Waals surface area contributed by atoms with Crippen LogP contribution in [0.5, 0.6) is 0 Å². The highest BCUT2D eigenvalue weighted by Crippen LogP contribution is 2.09. The topological polar surface area (TPSA) is 59.1 Å². The lowest BCUT2D eigenvalue weighted by Crippen LogP contribution is -2.57. The van der Waals surface area contributed by atoms with Crippen LogP contribution in [0.3, 0.4) is 0 Å². The molecule has 2 aliphatic rings. The van der Waals surface area contributed by atoms with Gasteiger partial charge in [0, 0.05) is 58.9 Å². The average molecular weight is 270 g/mol. The Morgan fingerprint density at radius 2 is 1.79 bits per heavy atom. The molecular weight excluding hydrogens is 244 g/mol. The number of nitrogens with zero attached hydrogens (tertiary/aromatic N) is 3. The van der Waals surface area contributed by atoms with Gasteiger partial charge in [-0.2, -0.15) is 0 Å². The third-order valence-corrected chi connectivity index (χ3v) is 4.16. The smallest absolute Gasteiger partial charge is 0.239 e. The quantitative estimate of drug-likeness (QED) is 0.645. The molecule has 2 aliphatic heterocycles. The molecule has 0 aromatic carbocycles. The predicted molar refractivity (Wildman–Crippen MR) is 74.0 cm³/mol. The van der Waals surface area contributed by atoms with E-state index >= 15 is 0 Å². The van der Waals surface area contributed by atoms with E-state index in [9.17, 15) is 4.79 Å². The van der Waals surface area contributed by atoms with E-state index in [0.717, 1.165) is 58.9 Å². The van der Waals surface area contributed by atoms with Gasteiger partial charge in [-0.3, -0.25) is 14.6 Å². The summed E-state index contributed by atoms with van der Waals surface area (Å²) in [5, 5.41) is 12.2. The standard InChI is InChI=1S/C13H26N4O2/c1-12(13(19)17-4-2-14-3-5-17)16-8-6-15(7-9-16)10-11-18/h12,14,18H,2-11H2,1H3. The van der Waals surface area contributed by atoms with Gasteiger partial charge in [0.05, 0.1) is 12.6 Å². The average Bonchev–Trinajstić information content (AvgIpc) is 2.48. The van der Waals surface area contributed by atoms with Crippen molar-refractivity contribution in [2.75, 3.05) is 65.5 Å². The Morgan fingerprint density at radius 3 is 2.37 bits per heavy atom. The van der Waals surface area contributed by atoms with Gasteiger partial charge < -0.3 is 15.3 Å². The zero-order valence-electron chi connectivity index (χ0n) is 11.8. The fourth-order valence-corrected chi connectivity index (χ4v) is 2.82. The molecule has 1 amide bonds. The first-order chi connectivity index (χ1) is 9.22. The molecule has 2 rings (SSSR count). The van der Waals surface area contributed by atoms with Gasteiger partial charge in [-0.25, -0.2) is 0 Å². The van der Waals surface area contributed by atoms with Crippen molar-refractivity contribution in [3.8, 4) is 0 Å². The summed E-state index contributed by atoms with van der Waals surface area (Å²) in [4.78, 5) is 18.9. The van der Waals surface area contributed by atoms with Crippen molar-refractivity contribution in [1.29, 1.82) is 0 Å². The molecule has 2 fully saturated rings. The number of aliphatic hydroxyl groups is 1. The minimum atomic E-state index is -0.0191. The summed E-state index contributed by atoms with van der Waals surface area (Å²) in [6, 6.07) is -0.0191. The highest BCUT2D eigenvalue weighted by atomic mass is 16.3. The lowest BCUT2D eigenvalue weighted by Gasteiger charge is -2.39. The monoisotopic (exact) mass is 270 g/mol. The number of amides is 1. The molecule has 6 heteroatoms. The van der Waals surface area contributed by atoms with Gasteiger partial charge in [-0.1, -0.05) is 0 Å². The molecule has 1 atom stereocenters. The molecule has 0 spiro atoms. The van der Waals surface area contributed by atoms with E-state index in [4.69, 9.17) is 5.11 Å². The number of carbonyl (C=O) groups is 1. The SMILES string of the molecule is CC(C(=O)N1CCNCC1)N1CCN(CCO)CC1. The van der Waals surface area contributed by atoms with Gasteiger partial charge >= 0.3 is 0 Å². The predicted octanol–water partition coefficient (Wildman–Crippen LogP) is -1.58. The van der Waals surface area contributed by atoms with Crippen LogP contribution >= 0.6 is 0 Å². The number of aliphatic hydroxyl groups excluding tert-OH is 1. The molecule has 2 saturated heterocycles. The fraction of sp³-hybridized carbons (Fsp3) is 0.923. The zero-order valence-corrected chi connectivity index (χ0v) is 11.8. The normalized spacial score (nSPS) is 24.4. The third-order valence-electron chi connectivity index (χ3n) is 4.16. The molecule has 0 aromatic rings. The van der Waals surface area contributed by atoms with Crippen molar-refractivity contribution >= 4 is 5.91 Å². The molecule has 2 heterocycles. The fourth-order valence-electron chi connectivity index (χ4n) is 2.82. The first-order valence-corrected chi connectivity index (χ1v) is 7.29. The van der Waals surface area contributed by atoms with E-state index in [1.807, 2.05) is 11.8 Å². The van der Waals surface area contributed by atoms with E-state index in [-0.39, 0.29) is 18.6 Å². The summed E-state index contributed by atoms with van der Waals surface area (Å²) in [6.07, 6.45) is 0. The van der Waals surface area contributed by atoms with Crippen LogP contribution in [0.25, 0.3) is 0 Å². The Balaban J connectivity index is 1.79. The van der Waals surface area contributed by atoms with Gasteiger partial charge in [0.1, 0.15) is 0 Å². The third kappa shape index (κ3) is 3.89. The molecule has 1 unspecified atom stereocenters. The maximum absolute atomic E-state index is 12.4. The van der Waals surface area contributed by atoms with Crippen LogP contribution in [-0.2, 0) is 4.79 Å². The van der Waals surface area contributed by atoms with Crippen molar-refractivity contribution in [3.05, 3.63) is 0 Å². The van der Waals surface area contributed by atoms with Crippen LogP contribution < -0.4 is 5.32 Å². The molecule has 0 bridgehead atoms. The zero-order chi connectivity index (χ0) is 13.7. The number of hydrogen-bond acceptors (Lipinski definition) is 5. The van der Waals surface area contributed by atoms with Gasteiger partial charge in [-0.05, 0) is 6.92 Å². The Morgan fingerprint density at radius 1 is 1.16 bits per heavy atom. The van der Waals surface area contributed by atoms with E-state index in [0.29, 0.717) is 0 Å². The highest BCUT2D eigenvalue weighted by Gasteiger charge is 2.28. The second-order valence-electron chi connectivity index (χ2n) is 5.35. The van der Waals surface area contributed by atoms with Crippen LogP contribution in [0.1, 0.15) is 6.92 Å². The van der Waals surface area contributed by atoms with Crippen molar-refractivity contribution < 1.29 is 9.90 Å². The van der Waals surface area contributed by atoms with E-state index in [1.165, 1.54) is 0 Å². The van der Waals surface area contributed by atoms with Gasteiger partial charge in [-0.15, -0.1) is 0 Å². The first kappa shape index (κ1) is 14.7. The number of carbonyl (C=O) groups excluding carboxylic acids is 1. The van der Waals surface area contributed by atoms with Crippen LogP contribution in [0.4, 0.5) is 0 Å². The van der Waals surface area contributed by atoms with Crippen molar-refractivity contribution in [3.63, 3.8) is 0 Å². The van der Waals surface area contributed by atoms with Crippen LogP contribution in [-0.4, -0.2) is 97.3 Å². The summed E-state index contributed by atoms with van der Waals surface area (Å²) in [7, 11) is 0. The molecular formula is C13H26N4O2. The van der Waals surface area contributed by atoms with Crippen LogP contribution in [0.2, 0.25) is 0 Å². The van der Waals surface area contributed by atoms with Gasteiger partial charge in [0.15, 0.2) is 0 Å². The maximum atomic E-state index is 12.4. The molecule has 0 radical (unpaired) electrons. The minimum Gasteiger partial charge on any atom is -0.395 e. The number of nitrogens with one attached hydrogen (secondary N) is 1. The molecule has 19 heavy (non-hydrogen) atoms. The molecule has 6 nitrogen and oxygen atoms in total. The Hall–Kier alpha value is -0.690. The maximum Gasteiger partial charge on any atom is 0.239 e. The largest absolute Gasteiger partial charge is 0.395 e. The second-order valence-corrected chi connectivity index (χ2v) is 5.35. The first-order valence-electron chi connectivity index (χ1n) is 7.29. The number of rotatable bonds is 4. The summed E-state index contributed by atoms with van der Waals surface area (Å²) in [6.45, 7) is 10.2. The Kier molecular flexibility index (Phi) is 5.57. The second kappa shape index (κ2) is 7.19. The minimum absolute atomic E-state index is 0.0191. The summed E-state index contributed by atoms with van der Waals surface area (Å²) in [5.74, 6) is 0.261. The summed E-state index contributed by atoms with van der Waals surface area (Å²) >= 11 is 0. The summed E-state index contributed by atoms with van der Waals surface area (Å²) < 4.78 is 0. The van der Waals surface area contributed by atoms with E-state index in [1.54, 1.807) is 0 Å². The summed E-state index contributed by atoms with van der Waals surface area (Å²) in [5.41, 5.74) is 0. The Labute approximate surface area is 115 Å². The molecule has 110 valence electrons. The number of piperazine rings is 2. The van der Waals surface area contributed by atoms with Crippen molar-refractivity contribution in [2.45, 2.75) is 13.0 Å². The van der Waals surface area contributed by atoms with E-state index in [2.05, 4.69) is 15.1 Å². The number of β-amino-alcohol motifs (C(OH)–C–C–N with tert-alkyl or cyclic N) is 1. The van der Waals surface area contributed by atoms with E-state index < -0.39 is 0 Å². The molecule has 2 N–H and O–H groups in total. The molecule has 0 saturated carbocycles. The van der Waals surface area contributed by atoms with Gasteiger partial charge in [0.25, 0.3) is 0 Å². The van der Waals surface area contributed by atoms with Crippen LogP contribution in [0, 0.1) is 0 Å². The molecule has 0 aliphatic carbocycles. The highest BCUT2D eigenvalue weighted by molar-refractivity contribution is 5.81. The van der Waals surface area contributed by atoms with Gasteiger partial charge in [0.2, 0.25) is 5.91 Å². The van der Waals surface area contributed by atoms with Crippen molar-refractivity contribution in [1.82, 2.24) is 20.0 Å². The molecule has 0 aromatic heterocycles. The van der Waals surface area contributed by atoms with Crippen LogP contribution in [0.15, 0.2) is 0 Å². The Bertz CT molecular complexity index is 286. The number of hydrogen-bond donors (Lipinski definition) is 2. The lowest BCUT2D eigenvalue weighted by molar-refractivity contribution is -0.137. The van der Waals surface area contributed by atoms with Crippen molar-refractivity contribution in [2.24, 2.45) is 0 Å².